The van der Waals surface area contributed by atoms with E-state index in [1.807, 2.05) is 37.3 Å². The molecule has 1 aliphatic heterocycles. The second-order valence-electron chi connectivity index (χ2n) is 5.48. The summed E-state index contributed by atoms with van der Waals surface area (Å²) in [5, 5.41) is 13.5. The number of hydrogen-bond donors (Lipinski definition) is 2. The van der Waals surface area contributed by atoms with Gasteiger partial charge in [-0.05, 0) is 25.0 Å². The molecule has 2 aromatic rings. The second-order valence-corrected chi connectivity index (χ2v) is 5.48. The number of phenolic OH excluding ortho intramolecular Hbond substituents is 1. The van der Waals surface area contributed by atoms with Crippen LogP contribution in [-0.4, -0.2) is 31.1 Å². The van der Waals surface area contributed by atoms with E-state index in [0.717, 1.165) is 24.4 Å². The number of para-hydroxylation sites is 1. The Morgan fingerprint density at radius 2 is 2.04 bits per heavy atom. The van der Waals surface area contributed by atoms with Gasteiger partial charge in [-0.3, -0.25) is 5.32 Å². The van der Waals surface area contributed by atoms with Gasteiger partial charge in [-0.25, -0.2) is 0 Å². The van der Waals surface area contributed by atoms with E-state index in [9.17, 15) is 5.11 Å². The molecule has 4 nitrogen and oxygen atoms in total. The Morgan fingerprint density at radius 3 is 2.74 bits per heavy atom. The van der Waals surface area contributed by atoms with Crippen LogP contribution in [0.2, 0.25) is 0 Å². The number of aromatic hydroxyl groups is 1. The monoisotopic (exact) mass is 312 g/mol. The Bertz CT molecular complexity index is 624. The average Bonchev–Trinajstić information content (AvgIpc) is 3.10. The third-order valence-corrected chi connectivity index (χ3v) is 3.90. The molecular formula is C19H22NO3. The average molecular weight is 312 g/mol. The van der Waals surface area contributed by atoms with Crippen molar-refractivity contribution in [2.45, 2.75) is 19.6 Å². The first-order valence-corrected chi connectivity index (χ1v) is 7.99. The summed E-state index contributed by atoms with van der Waals surface area (Å²) in [4.78, 5) is 0. The van der Waals surface area contributed by atoms with E-state index in [1.165, 1.54) is 5.56 Å². The van der Waals surface area contributed by atoms with E-state index in [2.05, 4.69) is 17.4 Å². The van der Waals surface area contributed by atoms with Crippen LogP contribution >= 0.6 is 0 Å². The zero-order chi connectivity index (χ0) is 16.1. The molecule has 2 aromatic carbocycles. The lowest BCUT2D eigenvalue weighted by molar-refractivity contribution is 0.112. The summed E-state index contributed by atoms with van der Waals surface area (Å²) in [6.07, 6.45) is 0.582. The largest absolute Gasteiger partial charge is 0.504 e. The highest BCUT2D eigenvalue weighted by molar-refractivity contribution is 5.53. The highest BCUT2D eigenvalue weighted by Crippen LogP contribution is 2.38. The number of hydrogen-bond acceptors (Lipinski definition) is 4. The summed E-state index contributed by atoms with van der Waals surface area (Å²) in [7, 11) is 0. The maximum atomic E-state index is 10.2. The number of benzene rings is 2. The first-order chi connectivity index (χ1) is 11.3. The fraction of sp³-hybridized carbons (Fsp3) is 0.316. The van der Waals surface area contributed by atoms with Gasteiger partial charge in [0.1, 0.15) is 6.23 Å². The van der Waals surface area contributed by atoms with Gasteiger partial charge in [0.25, 0.3) is 0 Å². The third kappa shape index (κ3) is 3.66. The van der Waals surface area contributed by atoms with Crippen LogP contribution in [0.25, 0.3) is 0 Å². The number of rotatable bonds is 6. The molecule has 1 aliphatic rings. The molecule has 1 fully saturated rings. The fourth-order valence-corrected chi connectivity index (χ4v) is 2.87. The summed E-state index contributed by atoms with van der Waals surface area (Å²) < 4.78 is 11.5. The van der Waals surface area contributed by atoms with Crippen molar-refractivity contribution < 1.29 is 14.6 Å². The van der Waals surface area contributed by atoms with Crippen molar-refractivity contribution in [2.75, 3.05) is 19.8 Å². The minimum absolute atomic E-state index is 0.156. The standard InChI is InChI=1S/C19H22NO3/c1-2-22-18-15(9-6-10-17(18)21)16(19-20-11-12-23-19)13-14-7-4-3-5-8-14/h3-10,19-21H,2,11-13H2,1H3. The Morgan fingerprint density at radius 1 is 1.22 bits per heavy atom. The van der Waals surface area contributed by atoms with Gasteiger partial charge in [-0.15, -0.1) is 0 Å². The minimum atomic E-state index is -0.156. The molecule has 0 saturated carbocycles. The van der Waals surface area contributed by atoms with Crippen LogP contribution in [0.15, 0.2) is 48.5 Å². The Hall–Kier alpha value is -2.04. The summed E-state index contributed by atoms with van der Waals surface area (Å²) in [6, 6.07) is 15.7. The predicted molar refractivity (Wildman–Crippen MR) is 89.5 cm³/mol. The van der Waals surface area contributed by atoms with Crippen molar-refractivity contribution in [3.8, 4) is 11.5 Å². The maximum Gasteiger partial charge on any atom is 0.164 e. The van der Waals surface area contributed by atoms with Gasteiger partial charge in [-0.2, -0.15) is 0 Å². The molecule has 4 heteroatoms. The Balaban J connectivity index is 1.96. The van der Waals surface area contributed by atoms with E-state index < -0.39 is 0 Å². The molecule has 23 heavy (non-hydrogen) atoms. The zero-order valence-electron chi connectivity index (χ0n) is 13.3. The van der Waals surface area contributed by atoms with Crippen molar-refractivity contribution in [3.05, 3.63) is 65.6 Å². The summed E-state index contributed by atoms with van der Waals surface area (Å²) in [6.45, 7) is 3.93. The van der Waals surface area contributed by atoms with E-state index >= 15 is 0 Å². The summed E-state index contributed by atoms with van der Waals surface area (Å²) >= 11 is 0. The van der Waals surface area contributed by atoms with Gasteiger partial charge in [0.15, 0.2) is 11.5 Å². The molecule has 0 spiro atoms. The van der Waals surface area contributed by atoms with Gasteiger partial charge < -0.3 is 14.6 Å². The lowest BCUT2D eigenvalue weighted by Crippen LogP contribution is -2.32. The van der Waals surface area contributed by atoms with Crippen LogP contribution in [0, 0.1) is 5.92 Å². The van der Waals surface area contributed by atoms with E-state index in [1.54, 1.807) is 6.07 Å². The van der Waals surface area contributed by atoms with E-state index in [0.29, 0.717) is 19.0 Å². The molecular weight excluding hydrogens is 290 g/mol. The maximum absolute atomic E-state index is 10.2. The molecule has 1 atom stereocenters. The molecule has 1 radical (unpaired) electrons. The van der Waals surface area contributed by atoms with Crippen LogP contribution in [0.5, 0.6) is 11.5 Å². The normalized spacial score (nSPS) is 17.6. The molecule has 2 N–H and O–H groups in total. The Labute approximate surface area is 137 Å². The van der Waals surface area contributed by atoms with Crippen molar-refractivity contribution >= 4 is 0 Å². The van der Waals surface area contributed by atoms with Gasteiger partial charge in [0.05, 0.1) is 19.1 Å². The topological polar surface area (TPSA) is 50.7 Å². The van der Waals surface area contributed by atoms with Crippen molar-refractivity contribution in [1.82, 2.24) is 5.32 Å². The minimum Gasteiger partial charge on any atom is -0.504 e. The first-order valence-electron chi connectivity index (χ1n) is 7.99. The molecule has 0 bridgehead atoms. The molecule has 0 amide bonds. The van der Waals surface area contributed by atoms with Crippen molar-refractivity contribution in [1.29, 1.82) is 0 Å². The highest BCUT2D eigenvalue weighted by atomic mass is 16.5. The van der Waals surface area contributed by atoms with Crippen LogP contribution in [0.3, 0.4) is 0 Å². The van der Waals surface area contributed by atoms with Crippen molar-refractivity contribution in [3.63, 3.8) is 0 Å². The smallest absolute Gasteiger partial charge is 0.164 e. The van der Waals surface area contributed by atoms with E-state index in [-0.39, 0.29) is 12.0 Å². The van der Waals surface area contributed by atoms with Gasteiger partial charge in [0, 0.05) is 12.1 Å². The summed E-state index contributed by atoms with van der Waals surface area (Å²) in [5.74, 6) is 1.76. The summed E-state index contributed by atoms with van der Waals surface area (Å²) in [5.41, 5.74) is 2.10. The van der Waals surface area contributed by atoms with Crippen LogP contribution < -0.4 is 10.1 Å². The fourth-order valence-electron chi connectivity index (χ4n) is 2.87. The number of phenols is 1. The second kappa shape index (κ2) is 7.49. The molecule has 0 aliphatic carbocycles. The van der Waals surface area contributed by atoms with Crippen molar-refractivity contribution in [2.24, 2.45) is 0 Å². The van der Waals surface area contributed by atoms with Gasteiger partial charge in [0.2, 0.25) is 0 Å². The number of nitrogens with one attached hydrogen (secondary N) is 1. The van der Waals surface area contributed by atoms with Gasteiger partial charge >= 0.3 is 0 Å². The number of ether oxygens (including phenoxy) is 2. The van der Waals surface area contributed by atoms with Gasteiger partial charge in [-0.1, -0.05) is 42.5 Å². The highest BCUT2D eigenvalue weighted by Gasteiger charge is 2.31. The SMILES string of the molecule is CCOc1c(O)cccc1[C](Cc1ccccc1)C1NCCO1. The molecule has 1 heterocycles. The van der Waals surface area contributed by atoms with E-state index in [4.69, 9.17) is 9.47 Å². The van der Waals surface area contributed by atoms with Crippen LogP contribution in [-0.2, 0) is 11.2 Å². The quantitative estimate of drug-likeness (QED) is 0.861. The Kier molecular flexibility index (Phi) is 5.16. The third-order valence-electron chi connectivity index (χ3n) is 3.90. The van der Waals surface area contributed by atoms with Crippen LogP contribution in [0.1, 0.15) is 18.1 Å². The van der Waals surface area contributed by atoms with Crippen LogP contribution in [0.4, 0.5) is 0 Å². The molecule has 3 rings (SSSR count). The zero-order valence-corrected chi connectivity index (χ0v) is 13.3. The molecule has 1 unspecified atom stereocenters. The predicted octanol–water partition coefficient (Wildman–Crippen LogP) is 2.90. The lowest BCUT2D eigenvalue weighted by atomic mass is 9.89. The lowest BCUT2D eigenvalue weighted by Gasteiger charge is -2.25. The molecule has 121 valence electrons. The first kappa shape index (κ1) is 15.8. The molecule has 0 aromatic heterocycles. The molecule has 1 saturated heterocycles.